The van der Waals surface area contributed by atoms with E-state index >= 15 is 0 Å². The molecule has 5 nitrogen and oxygen atoms in total. The highest BCUT2D eigenvalue weighted by molar-refractivity contribution is 7.07. The van der Waals surface area contributed by atoms with E-state index in [1.165, 1.54) is 0 Å². The molecular weight excluding hydrogens is 372 g/mol. The summed E-state index contributed by atoms with van der Waals surface area (Å²) in [5, 5.41) is 2.14. The molecule has 0 radical (unpaired) electrons. The number of methoxy groups -OCH3 is 2. The zero-order valence-corrected chi connectivity index (χ0v) is 17.5. The molecular formula is C22H26N2O3S. The molecule has 0 saturated carbocycles. The topological polar surface area (TPSA) is 45.0 Å². The number of aromatic nitrogens is 1. The Kier molecular flexibility index (Phi) is 6.90. The number of nitrogens with zero attached hydrogens (tertiary/aromatic N) is 2. The van der Waals surface area contributed by atoms with Gasteiger partial charge in [0.15, 0.2) is 4.80 Å². The Hall–Kier alpha value is -2.57. The second-order valence-corrected chi connectivity index (χ2v) is 7.16. The first-order chi connectivity index (χ1) is 13.7. The summed E-state index contributed by atoms with van der Waals surface area (Å²) < 4.78 is 18.7. The van der Waals surface area contributed by atoms with E-state index < -0.39 is 0 Å². The van der Waals surface area contributed by atoms with Crippen LogP contribution in [0.3, 0.4) is 0 Å². The van der Waals surface area contributed by atoms with Gasteiger partial charge in [0.2, 0.25) is 0 Å². The minimum absolute atomic E-state index is 0.131. The largest absolute Gasteiger partial charge is 0.497 e. The lowest BCUT2D eigenvalue weighted by Crippen LogP contribution is -2.23. The van der Waals surface area contributed by atoms with Gasteiger partial charge in [-0.1, -0.05) is 12.1 Å². The molecule has 0 aliphatic rings. The third kappa shape index (κ3) is 4.46. The molecule has 148 valence electrons. The second kappa shape index (κ2) is 9.57. The van der Waals surface area contributed by atoms with E-state index in [0.29, 0.717) is 13.2 Å². The van der Waals surface area contributed by atoms with Gasteiger partial charge >= 0.3 is 0 Å². The lowest BCUT2D eigenvalue weighted by atomic mass is 10.1. The van der Waals surface area contributed by atoms with Crippen molar-refractivity contribution in [3.63, 3.8) is 0 Å². The average Bonchev–Trinajstić information content (AvgIpc) is 3.13. The summed E-state index contributed by atoms with van der Waals surface area (Å²) in [5.74, 6) is 1.63. The van der Waals surface area contributed by atoms with E-state index in [-0.39, 0.29) is 6.04 Å². The Balaban J connectivity index is 2.13. The molecule has 0 spiro atoms. The van der Waals surface area contributed by atoms with Gasteiger partial charge in [-0.15, -0.1) is 11.3 Å². The van der Waals surface area contributed by atoms with Crippen LogP contribution in [0.25, 0.3) is 11.3 Å². The summed E-state index contributed by atoms with van der Waals surface area (Å²) in [6.07, 6.45) is 0. The Labute approximate surface area is 169 Å². The van der Waals surface area contributed by atoms with E-state index in [0.717, 1.165) is 33.2 Å². The maximum Gasteiger partial charge on any atom is 0.190 e. The molecule has 6 heteroatoms. The van der Waals surface area contributed by atoms with Crippen molar-refractivity contribution in [2.75, 3.05) is 27.4 Å². The standard InChI is InChI=1S/C22H26N2O3S/c1-5-27-21-9-7-6-8-19(21)23-22-24(16(2)14-25-3)20(15-28-22)17-10-12-18(26-4)13-11-17/h6-13,15-16H,5,14H2,1-4H3. The summed E-state index contributed by atoms with van der Waals surface area (Å²) >= 11 is 1.61. The molecule has 3 aromatic rings. The molecule has 0 amide bonds. The molecule has 1 atom stereocenters. The van der Waals surface area contributed by atoms with E-state index in [9.17, 15) is 0 Å². The maximum atomic E-state index is 5.74. The number of hydrogen-bond donors (Lipinski definition) is 0. The molecule has 2 aromatic carbocycles. The average molecular weight is 399 g/mol. The fraction of sp³-hybridized carbons (Fsp3) is 0.318. The summed E-state index contributed by atoms with van der Waals surface area (Å²) in [5.41, 5.74) is 3.04. The molecule has 0 N–H and O–H groups in total. The fourth-order valence-corrected chi connectivity index (χ4v) is 4.06. The molecule has 0 bridgehead atoms. The molecule has 0 aliphatic heterocycles. The second-order valence-electron chi connectivity index (χ2n) is 6.32. The van der Waals surface area contributed by atoms with Crippen molar-refractivity contribution in [3.8, 4) is 22.8 Å². The minimum Gasteiger partial charge on any atom is -0.497 e. The van der Waals surface area contributed by atoms with Crippen LogP contribution in [0.1, 0.15) is 19.9 Å². The van der Waals surface area contributed by atoms with Crippen LogP contribution in [-0.4, -0.2) is 32.0 Å². The van der Waals surface area contributed by atoms with Gasteiger partial charge in [0.25, 0.3) is 0 Å². The van der Waals surface area contributed by atoms with Crippen molar-refractivity contribution in [2.45, 2.75) is 19.9 Å². The van der Waals surface area contributed by atoms with Crippen LogP contribution in [-0.2, 0) is 4.74 Å². The molecule has 1 aromatic heterocycles. The van der Waals surface area contributed by atoms with Crippen molar-refractivity contribution >= 4 is 17.0 Å². The van der Waals surface area contributed by atoms with E-state index in [1.807, 2.05) is 43.3 Å². The predicted molar refractivity (Wildman–Crippen MR) is 114 cm³/mol. The Bertz CT molecular complexity index is 960. The summed E-state index contributed by atoms with van der Waals surface area (Å²) in [4.78, 5) is 5.82. The zero-order valence-electron chi connectivity index (χ0n) is 16.7. The van der Waals surface area contributed by atoms with Crippen molar-refractivity contribution in [1.82, 2.24) is 4.57 Å². The van der Waals surface area contributed by atoms with Crippen molar-refractivity contribution in [1.29, 1.82) is 0 Å². The van der Waals surface area contributed by atoms with Crippen molar-refractivity contribution in [2.24, 2.45) is 4.99 Å². The van der Waals surface area contributed by atoms with Gasteiger partial charge < -0.3 is 18.8 Å². The van der Waals surface area contributed by atoms with Gasteiger partial charge in [-0.05, 0) is 55.8 Å². The Morgan fingerprint density at radius 3 is 2.50 bits per heavy atom. The van der Waals surface area contributed by atoms with Crippen LogP contribution in [0.2, 0.25) is 0 Å². The normalized spacial score (nSPS) is 12.8. The Morgan fingerprint density at radius 1 is 1.07 bits per heavy atom. The summed E-state index contributed by atoms with van der Waals surface area (Å²) in [6.45, 7) is 5.32. The minimum atomic E-state index is 0.131. The van der Waals surface area contributed by atoms with Crippen LogP contribution < -0.4 is 14.3 Å². The smallest absolute Gasteiger partial charge is 0.190 e. The fourth-order valence-electron chi connectivity index (χ4n) is 3.05. The molecule has 28 heavy (non-hydrogen) atoms. The van der Waals surface area contributed by atoms with Gasteiger partial charge in [0.1, 0.15) is 17.2 Å². The monoisotopic (exact) mass is 398 g/mol. The maximum absolute atomic E-state index is 5.74. The van der Waals surface area contributed by atoms with E-state index in [1.54, 1.807) is 25.6 Å². The van der Waals surface area contributed by atoms with Gasteiger partial charge in [0, 0.05) is 12.5 Å². The molecule has 0 fully saturated rings. The molecule has 1 heterocycles. The first-order valence-electron chi connectivity index (χ1n) is 9.27. The lowest BCUT2D eigenvalue weighted by Gasteiger charge is -2.17. The third-order valence-corrected chi connectivity index (χ3v) is 5.20. The van der Waals surface area contributed by atoms with Crippen LogP contribution >= 0.6 is 11.3 Å². The predicted octanol–water partition coefficient (Wildman–Crippen LogP) is 5.06. The highest BCUT2D eigenvalue weighted by Gasteiger charge is 2.15. The van der Waals surface area contributed by atoms with Gasteiger partial charge in [0.05, 0.1) is 32.1 Å². The highest BCUT2D eigenvalue weighted by Crippen LogP contribution is 2.29. The lowest BCUT2D eigenvalue weighted by molar-refractivity contribution is 0.162. The number of benzene rings is 2. The van der Waals surface area contributed by atoms with E-state index in [2.05, 4.69) is 29.0 Å². The number of hydrogen-bond acceptors (Lipinski definition) is 5. The third-order valence-electron chi connectivity index (χ3n) is 4.36. The van der Waals surface area contributed by atoms with Crippen LogP contribution in [0.4, 0.5) is 5.69 Å². The molecule has 0 saturated heterocycles. The number of ether oxygens (including phenoxy) is 3. The van der Waals surface area contributed by atoms with Crippen LogP contribution in [0, 0.1) is 0 Å². The van der Waals surface area contributed by atoms with E-state index in [4.69, 9.17) is 19.2 Å². The quantitative estimate of drug-likeness (QED) is 0.532. The number of para-hydroxylation sites is 2. The first-order valence-corrected chi connectivity index (χ1v) is 10.2. The van der Waals surface area contributed by atoms with Crippen LogP contribution in [0.15, 0.2) is 58.9 Å². The van der Waals surface area contributed by atoms with Crippen LogP contribution in [0.5, 0.6) is 11.5 Å². The summed E-state index contributed by atoms with van der Waals surface area (Å²) in [7, 11) is 3.39. The summed E-state index contributed by atoms with van der Waals surface area (Å²) in [6, 6.07) is 16.1. The number of thiazole rings is 1. The molecule has 1 unspecified atom stereocenters. The van der Waals surface area contributed by atoms with Gasteiger partial charge in [-0.2, -0.15) is 0 Å². The van der Waals surface area contributed by atoms with Crippen molar-refractivity contribution in [3.05, 3.63) is 58.7 Å². The zero-order chi connectivity index (χ0) is 19.9. The highest BCUT2D eigenvalue weighted by atomic mass is 32.1. The Morgan fingerprint density at radius 2 is 1.82 bits per heavy atom. The molecule has 3 rings (SSSR count). The van der Waals surface area contributed by atoms with Crippen molar-refractivity contribution < 1.29 is 14.2 Å². The molecule has 0 aliphatic carbocycles. The van der Waals surface area contributed by atoms with Gasteiger partial charge in [-0.25, -0.2) is 4.99 Å². The SMILES string of the molecule is CCOc1ccccc1N=c1scc(-c2ccc(OC)cc2)n1C(C)COC. The van der Waals surface area contributed by atoms with Gasteiger partial charge in [-0.3, -0.25) is 0 Å². The first kappa shape index (κ1) is 20.2. The number of rotatable bonds is 8.